The molecule has 2 heterocycles. The fourth-order valence-corrected chi connectivity index (χ4v) is 4.15. The van der Waals surface area contributed by atoms with Gasteiger partial charge in [0.2, 0.25) is 0 Å². The molecule has 0 aromatic carbocycles. The average molecular weight is 457 g/mol. The summed E-state index contributed by atoms with van der Waals surface area (Å²) in [6.45, 7) is 9.75. The average Bonchev–Trinajstić information content (AvgIpc) is 2.59. The number of rotatable bonds is 5. The van der Waals surface area contributed by atoms with Crippen LogP contribution in [0.4, 0.5) is 0 Å². The topological polar surface area (TPSA) is 46.1 Å². The van der Waals surface area contributed by atoms with Crippen LogP contribution >= 0.6 is 35.7 Å². The molecule has 5 nitrogen and oxygen atoms in total. The van der Waals surface area contributed by atoms with Gasteiger partial charge in [-0.15, -0.1) is 24.0 Å². The molecule has 1 N–H and O–H groups in total. The second-order valence-electron chi connectivity index (χ2n) is 6.02. The summed E-state index contributed by atoms with van der Waals surface area (Å²) in [5.74, 6) is 2.23. The highest BCUT2D eigenvalue weighted by molar-refractivity contribution is 14.0. The van der Waals surface area contributed by atoms with E-state index in [1.54, 1.807) is 7.11 Å². The number of aliphatic imine (C=N–C) groups is 1. The molecule has 2 aliphatic heterocycles. The molecule has 0 aromatic rings. The van der Waals surface area contributed by atoms with Gasteiger partial charge in [0.25, 0.3) is 0 Å². The number of nitrogens with zero attached hydrogens (tertiary/aromatic N) is 2. The molecule has 0 amide bonds. The van der Waals surface area contributed by atoms with Crippen LogP contribution in [0.25, 0.3) is 0 Å². The van der Waals surface area contributed by atoms with Crippen LogP contribution in [0.3, 0.4) is 0 Å². The maximum atomic E-state index is 5.80. The van der Waals surface area contributed by atoms with Crippen LogP contribution in [-0.4, -0.2) is 74.0 Å². The Hall–Kier alpha value is 0.270. The third kappa shape index (κ3) is 6.25. The maximum Gasteiger partial charge on any atom is 0.194 e. The Morgan fingerprint density at radius 1 is 1.39 bits per heavy atom. The van der Waals surface area contributed by atoms with E-state index in [0.717, 1.165) is 63.4 Å². The fourth-order valence-electron chi connectivity index (χ4n) is 2.97. The zero-order valence-corrected chi connectivity index (χ0v) is 17.8. The van der Waals surface area contributed by atoms with E-state index >= 15 is 0 Å². The van der Waals surface area contributed by atoms with Gasteiger partial charge in [-0.25, -0.2) is 0 Å². The highest BCUT2D eigenvalue weighted by atomic mass is 127. The highest BCUT2D eigenvalue weighted by Crippen LogP contribution is 2.25. The van der Waals surface area contributed by atoms with Crippen molar-refractivity contribution in [3.8, 4) is 0 Å². The van der Waals surface area contributed by atoms with Crippen molar-refractivity contribution in [2.75, 3.05) is 52.3 Å². The monoisotopic (exact) mass is 457 g/mol. The quantitative estimate of drug-likeness (QED) is 0.391. The van der Waals surface area contributed by atoms with E-state index in [1.807, 2.05) is 0 Å². The minimum Gasteiger partial charge on any atom is -0.381 e. The molecule has 1 unspecified atom stereocenters. The van der Waals surface area contributed by atoms with Crippen molar-refractivity contribution in [2.45, 2.75) is 44.0 Å². The third-order valence-electron chi connectivity index (χ3n) is 4.58. The fraction of sp³-hybridized carbons (Fsp3) is 0.938. The van der Waals surface area contributed by atoms with Crippen molar-refractivity contribution >= 4 is 41.7 Å². The first-order valence-corrected chi connectivity index (χ1v) is 9.55. The lowest BCUT2D eigenvalue weighted by Gasteiger charge is -2.37. The first kappa shape index (κ1) is 21.3. The summed E-state index contributed by atoms with van der Waals surface area (Å²) in [5, 5.41) is 4.18. The van der Waals surface area contributed by atoms with E-state index in [4.69, 9.17) is 14.5 Å². The van der Waals surface area contributed by atoms with Crippen molar-refractivity contribution in [3.63, 3.8) is 0 Å². The van der Waals surface area contributed by atoms with Crippen LogP contribution in [0.15, 0.2) is 4.99 Å². The van der Waals surface area contributed by atoms with Crippen LogP contribution in [0, 0.1) is 0 Å². The molecule has 0 radical (unpaired) electrons. The van der Waals surface area contributed by atoms with Gasteiger partial charge in [-0.2, -0.15) is 11.8 Å². The number of methoxy groups -OCH3 is 1. The molecule has 0 aromatic heterocycles. The van der Waals surface area contributed by atoms with Gasteiger partial charge in [-0.05, 0) is 13.3 Å². The second-order valence-corrected chi connectivity index (χ2v) is 7.42. The zero-order valence-electron chi connectivity index (χ0n) is 14.7. The van der Waals surface area contributed by atoms with E-state index in [2.05, 4.69) is 35.8 Å². The SMILES string of the molecule is CCNC(=NCC1(OC)CCOCC1)N1CCSC(CC)C1.I. The number of guanidine groups is 1. The normalized spacial score (nSPS) is 24.9. The summed E-state index contributed by atoms with van der Waals surface area (Å²) in [6, 6.07) is 0. The molecule has 7 heteroatoms. The predicted octanol–water partition coefficient (Wildman–Crippen LogP) is 2.59. The molecular weight excluding hydrogens is 425 g/mol. The van der Waals surface area contributed by atoms with Gasteiger partial charge in [0.1, 0.15) is 0 Å². The lowest BCUT2D eigenvalue weighted by Crippen LogP contribution is -2.49. The van der Waals surface area contributed by atoms with Crippen LogP contribution in [0.1, 0.15) is 33.1 Å². The number of thioether (sulfide) groups is 1. The molecule has 136 valence electrons. The van der Waals surface area contributed by atoms with E-state index in [9.17, 15) is 0 Å². The smallest absolute Gasteiger partial charge is 0.194 e. The molecule has 2 saturated heterocycles. The number of ether oxygens (including phenoxy) is 2. The Morgan fingerprint density at radius 2 is 2.13 bits per heavy atom. The van der Waals surface area contributed by atoms with Crippen LogP contribution in [0.2, 0.25) is 0 Å². The first-order valence-electron chi connectivity index (χ1n) is 8.50. The predicted molar refractivity (Wildman–Crippen MR) is 109 cm³/mol. The van der Waals surface area contributed by atoms with Crippen LogP contribution < -0.4 is 5.32 Å². The van der Waals surface area contributed by atoms with Gasteiger partial charge in [0, 0.05) is 63.8 Å². The Labute approximate surface area is 162 Å². The van der Waals surface area contributed by atoms with Gasteiger partial charge < -0.3 is 19.7 Å². The van der Waals surface area contributed by atoms with E-state index in [-0.39, 0.29) is 29.6 Å². The van der Waals surface area contributed by atoms with Crippen molar-refractivity contribution in [3.05, 3.63) is 0 Å². The van der Waals surface area contributed by atoms with Crippen LogP contribution in [-0.2, 0) is 9.47 Å². The molecule has 2 aliphatic rings. The van der Waals surface area contributed by atoms with Crippen LogP contribution in [0.5, 0.6) is 0 Å². The van der Waals surface area contributed by atoms with Gasteiger partial charge in [0.15, 0.2) is 5.96 Å². The number of hydrogen-bond acceptors (Lipinski definition) is 4. The van der Waals surface area contributed by atoms with E-state index in [1.165, 1.54) is 12.2 Å². The largest absolute Gasteiger partial charge is 0.381 e. The van der Waals surface area contributed by atoms with Gasteiger partial charge in [0.05, 0.1) is 12.1 Å². The molecular formula is C16H32IN3O2S. The Morgan fingerprint density at radius 3 is 2.74 bits per heavy atom. The standard InChI is InChI=1S/C16H31N3O2S.HI/c1-4-14-12-19(8-11-22-14)15(17-5-2)18-13-16(20-3)6-9-21-10-7-16;/h14H,4-13H2,1-3H3,(H,17,18);1H. The molecule has 0 saturated carbocycles. The summed E-state index contributed by atoms with van der Waals surface area (Å²) >= 11 is 2.09. The second kappa shape index (κ2) is 11.0. The zero-order chi connectivity index (χ0) is 15.8. The minimum atomic E-state index is -0.145. The molecule has 0 bridgehead atoms. The van der Waals surface area contributed by atoms with Gasteiger partial charge >= 0.3 is 0 Å². The molecule has 0 aliphatic carbocycles. The number of nitrogens with one attached hydrogen (secondary N) is 1. The minimum absolute atomic E-state index is 0. The maximum absolute atomic E-state index is 5.80. The Balaban J connectivity index is 0.00000264. The highest BCUT2D eigenvalue weighted by Gasteiger charge is 2.33. The summed E-state index contributed by atoms with van der Waals surface area (Å²) < 4.78 is 11.3. The molecule has 2 rings (SSSR count). The third-order valence-corrected chi connectivity index (χ3v) is 5.95. The van der Waals surface area contributed by atoms with E-state index < -0.39 is 0 Å². The summed E-state index contributed by atoms with van der Waals surface area (Å²) in [6.07, 6.45) is 3.08. The Kier molecular flexibility index (Phi) is 10.2. The summed E-state index contributed by atoms with van der Waals surface area (Å²) in [7, 11) is 1.80. The number of hydrogen-bond donors (Lipinski definition) is 1. The lowest BCUT2D eigenvalue weighted by atomic mass is 9.94. The van der Waals surface area contributed by atoms with Gasteiger partial charge in [-0.3, -0.25) is 4.99 Å². The molecule has 1 atom stereocenters. The van der Waals surface area contributed by atoms with Gasteiger partial charge in [-0.1, -0.05) is 6.92 Å². The summed E-state index contributed by atoms with van der Waals surface area (Å²) in [4.78, 5) is 7.33. The van der Waals surface area contributed by atoms with Crippen molar-refractivity contribution in [1.29, 1.82) is 0 Å². The van der Waals surface area contributed by atoms with E-state index in [0.29, 0.717) is 0 Å². The number of halogens is 1. The summed E-state index contributed by atoms with van der Waals surface area (Å²) in [5.41, 5.74) is -0.145. The molecule has 2 fully saturated rings. The Bertz CT molecular complexity index is 365. The first-order chi connectivity index (χ1) is 10.7. The molecule has 23 heavy (non-hydrogen) atoms. The van der Waals surface area contributed by atoms with Crippen molar-refractivity contribution in [2.24, 2.45) is 4.99 Å². The molecule has 0 spiro atoms. The lowest BCUT2D eigenvalue weighted by molar-refractivity contribution is -0.0829. The van der Waals surface area contributed by atoms with Crippen molar-refractivity contribution in [1.82, 2.24) is 10.2 Å². The van der Waals surface area contributed by atoms with Crippen molar-refractivity contribution < 1.29 is 9.47 Å².